The van der Waals surface area contributed by atoms with Gasteiger partial charge in [-0.15, -0.1) is 0 Å². The maximum absolute atomic E-state index is 6.46. The fourth-order valence-electron chi connectivity index (χ4n) is 15.9. The van der Waals surface area contributed by atoms with Gasteiger partial charge in [-0.2, -0.15) is 0 Å². The van der Waals surface area contributed by atoms with E-state index in [1.54, 1.807) is 0 Å². The number of anilines is 6. The van der Waals surface area contributed by atoms with E-state index in [-0.39, 0.29) is 0 Å². The average molecular weight is 1430 g/mol. The summed E-state index contributed by atoms with van der Waals surface area (Å²) in [6.07, 6.45) is 0. The van der Waals surface area contributed by atoms with Crippen LogP contribution in [0.15, 0.2) is 458 Å². The molecule has 20 rings (SSSR count). The molecule has 0 saturated carbocycles. The van der Waals surface area contributed by atoms with Crippen molar-refractivity contribution in [3.05, 3.63) is 449 Å². The highest BCUT2D eigenvalue weighted by Crippen LogP contribution is 2.51. The molecule has 0 aliphatic heterocycles. The van der Waals surface area contributed by atoms with Gasteiger partial charge in [-0.05, 0) is 215 Å². The Kier molecular flexibility index (Phi) is 18.4. The fraction of sp³-hybridized carbons (Fsp3) is 0. The van der Waals surface area contributed by atoms with Crippen molar-refractivity contribution in [1.82, 2.24) is 0 Å². The van der Waals surface area contributed by atoms with Gasteiger partial charge >= 0.3 is 0 Å². The molecular formula is C108H74N2O2. The zero-order valence-corrected chi connectivity index (χ0v) is 61.4. The molecule has 0 radical (unpaired) electrons. The van der Waals surface area contributed by atoms with Crippen LogP contribution in [0.3, 0.4) is 0 Å². The number of para-hydroxylation sites is 2. The van der Waals surface area contributed by atoms with E-state index in [1.165, 1.54) is 44.5 Å². The van der Waals surface area contributed by atoms with Gasteiger partial charge in [-0.3, -0.25) is 0 Å². The molecular weight excluding hydrogens is 1360 g/mol. The molecule has 2 heterocycles. The molecule has 0 saturated heterocycles. The smallest absolute Gasteiger partial charge is 0.136 e. The molecule has 0 atom stereocenters. The highest BCUT2D eigenvalue weighted by Gasteiger charge is 2.26. The summed E-state index contributed by atoms with van der Waals surface area (Å²) in [6, 6.07) is 160. The predicted molar refractivity (Wildman–Crippen MR) is 471 cm³/mol. The molecule has 4 nitrogen and oxygen atoms in total. The summed E-state index contributed by atoms with van der Waals surface area (Å²) in [7, 11) is 0. The van der Waals surface area contributed by atoms with Crippen LogP contribution in [-0.4, -0.2) is 0 Å². The first kappa shape index (κ1) is 67.7. The number of nitrogens with zero attached hydrogens (tertiary/aromatic N) is 2. The van der Waals surface area contributed by atoms with Gasteiger partial charge in [-0.1, -0.05) is 340 Å². The van der Waals surface area contributed by atoms with Crippen molar-refractivity contribution in [2.45, 2.75) is 0 Å². The van der Waals surface area contributed by atoms with E-state index < -0.39 is 0 Å². The van der Waals surface area contributed by atoms with Crippen LogP contribution in [-0.2, 0) is 0 Å². The normalized spacial score (nSPS) is 11.2. The van der Waals surface area contributed by atoms with E-state index in [9.17, 15) is 0 Å². The van der Waals surface area contributed by atoms with Crippen LogP contribution in [0.4, 0.5) is 34.1 Å². The van der Waals surface area contributed by atoms with Crippen LogP contribution in [0.25, 0.3) is 155 Å². The Morgan fingerprint density at radius 1 is 0.143 bits per heavy atom. The van der Waals surface area contributed by atoms with Crippen LogP contribution in [0.1, 0.15) is 0 Å². The van der Waals surface area contributed by atoms with Crippen LogP contribution in [0, 0.1) is 0 Å². The van der Waals surface area contributed by atoms with Crippen LogP contribution >= 0.6 is 0 Å². The Bertz CT molecular complexity index is 6420. The van der Waals surface area contributed by atoms with Gasteiger partial charge < -0.3 is 18.6 Å². The molecule has 112 heavy (non-hydrogen) atoms. The van der Waals surface area contributed by atoms with Crippen molar-refractivity contribution in [3.63, 3.8) is 0 Å². The molecule has 0 N–H and O–H groups in total. The molecule has 0 fully saturated rings. The first-order valence-electron chi connectivity index (χ1n) is 38.2. The zero-order chi connectivity index (χ0) is 74.5. The topological polar surface area (TPSA) is 32.8 Å². The highest BCUT2D eigenvalue weighted by atomic mass is 16.3. The third-order valence-electron chi connectivity index (χ3n) is 21.4. The molecule has 0 amide bonds. The van der Waals surface area contributed by atoms with Crippen molar-refractivity contribution in [1.29, 1.82) is 0 Å². The highest BCUT2D eigenvalue weighted by molar-refractivity contribution is 6.09. The summed E-state index contributed by atoms with van der Waals surface area (Å²) in [4.78, 5) is 4.79. The van der Waals surface area contributed by atoms with Crippen molar-refractivity contribution in [2.24, 2.45) is 0 Å². The summed E-state index contributed by atoms with van der Waals surface area (Å²) in [5.74, 6) is 0. The lowest BCUT2D eigenvalue weighted by Gasteiger charge is -2.30. The second-order valence-corrected chi connectivity index (χ2v) is 28.2. The lowest BCUT2D eigenvalue weighted by Crippen LogP contribution is -2.12. The first-order valence-corrected chi connectivity index (χ1v) is 38.2. The van der Waals surface area contributed by atoms with E-state index >= 15 is 0 Å². The van der Waals surface area contributed by atoms with Gasteiger partial charge in [0.15, 0.2) is 0 Å². The van der Waals surface area contributed by atoms with Crippen molar-refractivity contribution >= 4 is 78.0 Å². The van der Waals surface area contributed by atoms with Gasteiger partial charge in [0.1, 0.15) is 22.3 Å². The molecule has 528 valence electrons. The maximum atomic E-state index is 6.46. The molecule has 0 unspecified atom stereocenters. The van der Waals surface area contributed by atoms with Crippen LogP contribution < -0.4 is 9.80 Å². The largest absolute Gasteiger partial charge is 0.456 e. The molecule has 18 aromatic carbocycles. The number of furan rings is 2. The van der Waals surface area contributed by atoms with Gasteiger partial charge in [0, 0.05) is 55.5 Å². The summed E-state index contributed by atoms with van der Waals surface area (Å²) in [5, 5.41) is 4.50. The minimum absolute atomic E-state index is 0.879. The zero-order valence-electron chi connectivity index (χ0n) is 61.4. The molecule has 0 aliphatic carbocycles. The third-order valence-corrected chi connectivity index (χ3v) is 21.4. The van der Waals surface area contributed by atoms with Gasteiger partial charge in [-0.25, -0.2) is 0 Å². The second-order valence-electron chi connectivity index (χ2n) is 28.2. The van der Waals surface area contributed by atoms with E-state index in [4.69, 9.17) is 8.83 Å². The van der Waals surface area contributed by atoms with Crippen molar-refractivity contribution in [3.8, 4) is 111 Å². The Morgan fingerprint density at radius 3 is 0.768 bits per heavy atom. The minimum Gasteiger partial charge on any atom is -0.456 e. The van der Waals surface area contributed by atoms with Crippen LogP contribution in [0.5, 0.6) is 0 Å². The lowest BCUT2D eigenvalue weighted by molar-refractivity contribution is 0.668. The molecule has 4 heteroatoms. The molecule has 0 aliphatic rings. The second kappa shape index (κ2) is 30.4. The van der Waals surface area contributed by atoms with Crippen molar-refractivity contribution < 1.29 is 8.83 Å². The molecule has 0 spiro atoms. The maximum Gasteiger partial charge on any atom is 0.136 e. The number of fused-ring (bicyclic) bond motifs is 6. The quantitative estimate of drug-likeness (QED) is 0.0965. The average Bonchev–Trinajstić information content (AvgIpc) is 0.801. The van der Waals surface area contributed by atoms with Gasteiger partial charge in [0.25, 0.3) is 0 Å². The minimum atomic E-state index is 0.879. The number of benzene rings is 18. The van der Waals surface area contributed by atoms with E-state index in [0.29, 0.717) is 0 Å². The standard InChI is InChI=1S/2C54H37NO/c1-5-15-38(16-6-1)40-25-30-45(31-26-40)55(46-32-27-41(28-33-46)39-17-7-2-8-18-39)47-36-50(42-19-9-3-10-20-42)54(51(37-47)43-21-11-4-12-22-43)44-29-34-49-48-23-13-14-24-52(48)56-53(49)35-44;1-5-15-38(16-6-1)40-25-30-45(31-26-40)55(46-32-27-41(28-33-46)39-17-7-2-8-18-39)52-37-50(42-19-9-3-10-20-42)49(36-51(52)43-21-11-4-12-22-43)44-29-34-48-47-23-13-14-24-53(47)56-54(48)35-44/h2*1-37H. The van der Waals surface area contributed by atoms with Crippen LogP contribution in [0.2, 0.25) is 0 Å². The van der Waals surface area contributed by atoms with E-state index in [0.717, 1.165) is 145 Å². The summed E-state index contributed by atoms with van der Waals surface area (Å²) >= 11 is 0. The van der Waals surface area contributed by atoms with Gasteiger partial charge in [0.05, 0.1) is 5.69 Å². The number of rotatable bonds is 16. The Hall–Kier alpha value is -14.8. The summed E-state index contributed by atoms with van der Waals surface area (Å²) < 4.78 is 12.9. The van der Waals surface area contributed by atoms with Gasteiger partial charge in [0.2, 0.25) is 0 Å². The fourth-order valence-corrected chi connectivity index (χ4v) is 15.9. The predicted octanol–water partition coefficient (Wildman–Crippen LogP) is 30.8. The molecule has 0 bridgehead atoms. The van der Waals surface area contributed by atoms with E-state index in [1.807, 2.05) is 24.3 Å². The number of hydrogen-bond donors (Lipinski definition) is 0. The Balaban J connectivity index is 0.000000151. The molecule has 20 aromatic rings. The summed E-state index contributed by atoms with van der Waals surface area (Å²) in [6.45, 7) is 0. The third kappa shape index (κ3) is 13.6. The summed E-state index contributed by atoms with van der Waals surface area (Å²) in [5.41, 5.74) is 33.1. The van der Waals surface area contributed by atoms with Crippen molar-refractivity contribution in [2.75, 3.05) is 9.80 Å². The first-order chi connectivity index (χ1) is 55.5. The monoisotopic (exact) mass is 1430 g/mol. The Morgan fingerprint density at radius 2 is 0.402 bits per heavy atom. The molecule has 2 aromatic heterocycles. The lowest BCUT2D eigenvalue weighted by atomic mass is 9.86. The Labute approximate surface area is 652 Å². The van der Waals surface area contributed by atoms with E-state index in [2.05, 4.69) is 434 Å². The SMILES string of the molecule is c1ccc(-c2ccc(N(c3ccc(-c4ccccc4)cc3)c3cc(-c4ccccc4)c(-c4ccc5c(c4)oc4ccccc45)c(-c4ccccc4)c3)cc2)cc1.c1ccc(-c2ccc(N(c3ccc(-c4ccccc4)cc3)c3cc(-c4ccccc4)c(-c4ccc5c(c4)oc4ccccc45)cc3-c3ccccc3)cc2)cc1. The number of hydrogen-bond acceptors (Lipinski definition) is 4.